The Balaban J connectivity index is 1.75. The summed E-state index contributed by atoms with van der Waals surface area (Å²) < 4.78 is 6.04. The molecular weight excluding hydrogens is 410 g/mol. The number of hydrogen-bond acceptors (Lipinski definition) is 4. The van der Waals surface area contributed by atoms with E-state index in [0.717, 1.165) is 17.7 Å². The second-order valence-electron chi connectivity index (χ2n) is 8.65. The van der Waals surface area contributed by atoms with E-state index >= 15 is 0 Å². The van der Waals surface area contributed by atoms with Gasteiger partial charge in [0.25, 0.3) is 0 Å². The average Bonchev–Trinajstić information content (AvgIpc) is 3.20. The topological polar surface area (TPSA) is 61.9 Å². The lowest BCUT2D eigenvalue weighted by Crippen LogP contribution is -2.51. The van der Waals surface area contributed by atoms with Gasteiger partial charge in [-0.05, 0) is 55.3 Å². The minimum absolute atomic E-state index is 0.0210. The zero-order valence-electron chi connectivity index (χ0n) is 18.8. The number of carbonyl (C=O) groups excluding carboxylic acids is 2. The molecule has 1 unspecified atom stereocenters. The average molecular weight is 444 g/mol. The molecule has 1 aromatic heterocycles. The van der Waals surface area contributed by atoms with E-state index in [1.165, 1.54) is 4.88 Å². The zero-order chi connectivity index (χ0) is 22.4. The third-order valence-corrected chi connectivity index (χ3v) is 6.17. The number of fused-ring (bicyclic) bond motifs is 1. The lowest BCUT2D eigenvalue weighted by Gasteiger charge is -2.37. The standard InChI is InChI=1S/C24H33N3O3S/c1-17(2)14-26(24(29)25-18(3)4)15-23(28)27-12-10-22-20(11-13-31-22)21(27)16-30-19-8-6-5-7-9-19/h5-9,11,13,17-18,21H,10,12,14-16H2,1-4H3,(H,25,29). The first-order valence-corrected chi connectivity index (χ1v) is 11.8. The van der Waals surface area contributed by atoms with Gasteiger partial charge in [-0.3, -0.25) is 4.79 Å². The summed E-state index contributed by atoms with van der Waals surface area (Å²) >= 11 is 1.73. The highest BCUT2D eigenvalue weighted by Crippen LogP contribution is 2.34. The summed E-state index contributed by atoms with van der Waals surface area (Å²) in [5.41, 5.74) is 1.16. The van der Waals surface area contributed by atoms with Crippen LogP contribution in [0.5, 0.6) is 5.75 Å². The maximum absolute atomic E-state index is 13.4. The van der Waals surface area contributed by atoms with Crippen LogP contribution in [0.3, 0.4) is 0 Å². The van der Waals surface area contributed by atoms with Gasteiger partial charge in [0.2, 0.25) is 5.91 Å². The van der Waals surface area contributed by atoms with Crippen molar-refractivity contribution in [3.8, 4) is 5.75 Å². The van der Waals surface area contributed by atoms with Crippen LogP contribution in [0.1, 0.15) is 44.2 Å². The van der Waals surface area contributed by atoms with Crippen LogP contribution in [0.25, 0.3) is 0 Å². The molecular formula is C24H33N3O3S. The van der Waals surface area contributed by atoms with Crippen LogP contribution in [-0.2, 0) is 11.2 Å². The third kappa shape index (κ3) is 6.23. The van der Waals surface area contributed by atoms with Gasteiger partial charge in [0.1, 0.15) is 18.9 Å². The Hall–Kier alpha value is -2.54. The van der Waals surface area contributed by atoms with Crippen molar-refractivity contribution >= 4 is 23.3 Å². The van der Waals surface area contributed by atoms with Gasteiger partial charge >= 0.3 is 6.03 Å². The molecule has 0 spiro atoms. The van der Waals surface area contributed by atoms with E-state index in [1.807, 2.05) is 49.1 Å². The van der Waals surface area contributed by atoms with Gasteiger partial charge in [0, 0.05) is 24.0 Å². The molecule has 1 atom stereocenters. The maximum atomic E-state index is 13.4. The number of nitrogens with one attached hydrogen (secondary N) is 1. The molecule has 2 aromatic rings. The van der Waals surface area contributed by atoms with Crippen molar-refractivity contribution in [2.45, 2.75) is 46.2 Å². The Morgan fingerprint density at radius 2 is 1.94 bits per heavy atom. The van der Waals surface area contributed by atoms with Crippen LogP contribution in [0.2, 0.25) is 0 Å². The molecule has 1 aromatic carbocycles. The van der Waals surface area contributed by atoms with Crippen molar-refractivity contribution in [1.29, 1.82) is 0 Å². The van der Waals surface area contributed by atoms with E-state index in [4.69, 9.17) is 4.74 Å². The van der Waals surface area contributed by atoms with Crippen LogP contribution in [0, 0.1) is 5.92 Å². The smallest absolute Gasteiger partial charge is 0.318 e. The highest BCUT2D eigenvalue weighted by atomic mass is 32.1. The Morgan fingerprint density at radius 1 is 1.19 bits per heavy atom. The molecule has 0 bridgehead atoms. The quantitative estimate of drug-likeness (QED) is 0.661. The van der Waals surface area contributed by atoms with Gasteiger partial charge in [-0.15, -0.1) is 11.3 Å². The molecule has 168 valence electrons. The molecule has 31 heavy (non-hydrogen) atoms. The summed E-state index contributed by atoms with van der Waals surface area (Å²) in [4.78, 5) is 30.9. The van der Waals surface area contributed by atoms with Gasteiger partial charge in [-0.1, -0.05) is 32.0 Å². The summed E-state index contributed by atoms with van der Waals surface area (Å²) in [6, 6.07) is 11.4. The molecule has 1 N–H and O–H groups in total. The number of nitrogens with zero attached hydrogens (tertiary/aromatic N) is 2. The van der Waals surface area contributed by atoms with Crippen molar-refractivity contribution in [2.24, 2.45) is 5.92 Å². The fourth-order valence-corrected chi connectivity index (χ4v) is 4.75. The maximum Gasteiger partial charge on any atom is 0.318 e. The molecule has 0 fully saturated rings. The van der Waals surface area contributed by atoms with Crippen LogP contribution >= 0.6 is 11.3 Å². The number of carbonyl (C=O) groups is 2. The summed E-state index contributed by atoms with van der Waals surface area (Å²) in [6.07, 6.45) is 0.836. The van der Waals surface area contributed by atoms with E-state index in [0.29, 0.717) is 19.7 Å². The highest BCUT2D eigenvalue weighted by Gasteiger charge is 2.33. The van der Waals surface area contributed by atoms with E-state index in [9.17, 15) is 9.59 Å². The van der Waals surface area contributed by atoms with Crippen molar-refractivity contribution in [2.75, 3.05) is 26.2 Å². The molecule has 0 saturated carbocycles. The minimum atomic E-state index is -0.192. The van der Waals surface area contributed by atoms with Gasteiger partial charge in [0.05, 0.1) is 6.04 Å². The Bertz CT molecular complexity index is 866. The van der Waals surface area contributed by atoms with Crippen molar-refractivity contribution in [3.05, 3.63) is 52.2 Å². The highest BCUT2D eigenvalue weighted by molar-refractivity contribution is 7.10. The molecule has 7 heteroatoms. The summed E-state index contributed by atoms with van der Waals surface area (Å²) in [7, 11) is 0. The van der Waals surface area contributed by atoms with Gasteiger partial charge < -0.3 is 19.9 Å². The molecule has 2 heterocycles. The first kappa shape index (κ1) is 23.1. The molecule has 0 saturated heterocycles. The summed E-state index contributed by atoms with van der Waals surface area (Å²) in [5.74, 6) is 1.01. The molecule has 3 amide bonds. The Morgan fingerprint density at radius 3 is 2.61 bits per heavy atom. The van der Waals surface area contributed by atoms with Crippen LogP contribution in [0.15, 0.2) is 41.8 Å². The van der Waals surface area contributed by atoms with E-state index < -0.39 is 0 Å². The first-order valence-electron chi connectivity index (χ1n) is 10.9. The number of rotatable bonds is 8. The second-order valence-corrected chi connectivity index (χ2v) is 9.66. The number of thiophene rings is 1. The fraction of sp³-hybridized carbons (Fsp3) is 0.500. The van der Waals surface area contributed by atoms with Crippen molar-refractivity contribution < 1.29 is 14.3 Å². The van der Waals surface area contributed by atoms with E-state index in [2.05, 4.69) is 30.6 Å². The second kappa shape index (κ2) is 10.7. The van der Waals surface area contributed by atoms with Gasteiger partial charge in [-0.25, -0.2) is 4.79 Å². The number of benzene rings is 1. The monoisotopic (exact) mass is 443 g/mol. The molecule has 3 rings (SSSR count). The van der Waals surface area contributed by atoms with Gasteiger partial charge in [-0.2, -0.15) is 0 Å². The number of urea groups is 1. The molecule has 1 aliphatic rings. The Labute approximate surface area is 189 Å². The van der Waals surface area contributed by atoms with E-state index in [-0.39, 0.29) is 36.5 Å². The molecule has 1 aliphatic heterocycles. The SMILES string of the molecule is CC(C)CN(CC(=O)N1CCc2sccc2C1COc1ccccc1)C(=O)NC(C)C. The van der Waals surface area contributed by atoms with E-state index in [1.54, 1.807) is 16.2 Å². The normalized spacial score (nSPS) is 15.7. The van der Waals surface area contributed by atoms with Crippen molar-refractivity contribution in [3.63, 3.8) is 0 Å². The first-order chi connectivity index (χ1) is 14.8. The van der Waals surface area contributed by atoms with Crippen LogP contribution in [-0.4, -0.2) is 54.0 Å². The number of ether oxygens (including phenoxy) is 1. The van der Waals surface area contributed by atoms with Crippen LogP contribution < -0.4 is 10.1 Å². The van der Waals surface area contributed by atoms with Crippen molar-refractivity contribution in [1.82, 2.24) is 15.1 Å². The number of hydrogen-bond donors (Lipinski definition) is 1. The number of amides is 3. The molecule has 0 aliphatic carbocycles. The summed E-state index contributed by atoms with van der Waals surface area (Å²) in [6.45, 7) is 9.58. The fourth-order valence-electron chi connectivity index (χ4n) is 3.82. The number of para-hydroxylation sites is 1. The molecule has 6 nitrogen and oxygen atoms in total. The van der Waals surface area contributed by atoms with Crippen LogP contribution in [0.4, 0.5) is 4.79 Å². The molecule has 0 radical (unpaired) electrons. The predicted molar refractivity (Wildman–Crippen MR) is 124 cm³/mol. The lowest BCUT2D eigenvalue weighted by atomic mass is 10.0. The van der Waals surface area contributed by atoms with Gasteiger partial charge in [0.15, 0.2) is 0 Å². The lowest BCUT2D eigenvalue weighted by molar-refractivity contribution is -0.135. The Kier molecular flexibility index (Phi) is 7.96. The summed E-state index contributed by atoms with van der Waals surface area (Å²) in [5, 5.41) is 5.00. The zero-order valence-corrected chi connectivity index (χ0v) is 19.7. The minimum Gasteiger partial charge on any atom is -0.491 e. The third-order valence-electron chi connectivity index (χ3n) is 5.18. The largest absolute Gasteiger partial charge is 0.491 e. The predicted octanol–water partition coefficient (Wildman–Crippen LogP) is 4.33.